The van der Waals surface area contributed by atoms with Crippen LogP contribution < -0.4 is 4.74 Å². The second-order valence-corrected chi connectivity index (χ2v) is 4.53. The molecule has 0 aromatic heterocycles. The van der Waals surface area contributed by atoms with Crippen molar-refractivity contribution in [3.05, 3.63) is 58.6 Å². The van der Waals surface area contributed by atoms with Gasteiger partial charge in [-0.2, -0.15) is 0 Å². The highest BCUT2D eigenvalue weighted by Gasteiger charge is 2.07. The van der Waals surface area contributed by atoms with E-state index in [9.17, 15) is 5.11 Å². The van der Waals surface area contributed by atoms with Crippen LogP contribution in [0.4, 0.5) is 0 Å². The highest BCUT2D eigenvalue weighted by Crippen LogP contribution is 2.30. The first-order valence-corrected chi connectivity index (χ1v) is 6.18. The van der Waals surface area contributed by atoms with Crippen LogP contribution in [-0.2, 0) is 12.8 Å². The van der Waals surface area contributed by atoms with Crippen LogP contribution in [0.15, 0.2) is 42.5 Å². The minimum atomic E-state index is 0.231. The van der Waals surface area contributed by atoms with Gasteiger partial charge >= 0.3 is 0 Å². The topological polar surface area (TPSA) is 29.5 Å². The number of aromatic hydroxyl groups is 1. The lowest BCUT2D eigenvalue weighted by Crippen LogP contribution is -1.93. The molecule has 0 spiro atoms. The first kappa shape index (κ1) is 12.8. The smallest absolute Gasteiger partial charge is 0.160 e. The summed E-state index contributed by atoms with van der Waals surface area (Å²) in [6.45, 7) is 0. The molecule has 2 aromatic carbocycles. The van der Waals surface area contributed by atoms with Crippen molar-refractivity contribution in [1.82, 2.24) is 0 Å². The van der Waals surface area contributed by atoms with Gasteiger partial charge in [-0.05, 0) is 42.2 Å². The Hall–Kier alpha value is -1.67. The van der Waals surface area contributed by atoms with E-state index in [0.717, 1.165) is 23.4 Å². The quantitative estimate of drug-likeness (QED) is 0.907. The molecule has 2 nitrogen and oxygen atoms in total. The first-order valence-electron chi connectivity index (χ1n) is 5.80. The number of phenolic OH excluding ortho intramolecular Hbond substituents is 1. The van der Waals surface area contributed by atoms with Crippen LogP contribution in [0.5, 0.6) is 11.5 Å². The molecule has 0 atom stereocenters. The number of para-hydroxylation sites is 1. The SMILES string of the molecule is COc1cccc(CCc2ccc(Cl)cc2)c1O. The second kappa shape index (κ2) is 5.78. The summed E-state index contributed by atoms with van der Waals surface area (Å²) in [5.41, 5.74) is 2.09. The van der Waals surface area contributed by atoms with Gasteiger partial charge in [0.2, 0.25) is 0 Å². The molecule has 2 aromatic rings. The maximum Gasteiger partial charge on any atom is 0.160 e. The summed E-state index contributed by atoms with van der Waals surface area (Å²) in [6.07, 6.45) is 1.63. The number of hydrogen-bond donors (Lipinski definition) is 1. The molecule has 0 saturated heterocycles. The van der Waals surface area contributed by atoms with E-state index in [1.54, 1.807) is 13.2 Å². The largest absolute Gasteiger partial charge is 0.504 e. The Balaban J connectivity index is 2.08. The van der Waals surface area contributed by atoms with Crippen molar-refractivity contribution in [3.63, 3.8) is 0 Å². The van der Waals surface area contributed by atoms with E-state index in [-0.39, 0.29) is 5.75 Å². The highest BCUT2D eigenvalue weighted by atomic mass is 35.5. The molecule has 2 rings (SSSR count). The third-order valence-electron chi connectivity index (χ3n) is 2.90. The van der Waals surface area contributed by atoms with Gasteiger partial charge < -0.3 is 9.84 Å². The van der Waals surface area contributed by atoms with E-state index in [2.05, 4.69) is 0 Å². The van der Waals surface area contributed by atoms with E-state index in [1.165, 1.54) is 5.56 Å². The van der Waals surface area contributed by atoms with Crippen molar-refractivity contribution in [2.24, 2.45) is 0 Å². The predicted molar refractivity (Wildman–Crippen MR) is 73.5 cm³/mol. The monoisotopic (exact) mass is 262 g/mol. The maximum atomic E-state index is 9.96. The minimum Gasteiger partial charge on any atom is -0.504 e. The second-order valence-electron chi connectivity index (χ2n) is 4.09. The van der Waals surface area contributed by atoms with Crippen LogP contribution in [-0.4, -0.2) is 12.2 Å². The first-order chi connectivity index (χ1) is 8.70. The normalized spacial score (nSPS) is 10.3. The Morgan fingerprint density at radius 3 is 2.44 bits per heavy atom. The molecule has 0 bridgehead atoms. The summed E-state index contributed by atoms with van der Waals surface area (Å²) in [5, 5.41) is 10.7. The van der Waals surface area contributed by atoms with Crippen molar-refractivity contribution in [2.45, 2.75) is 12.8 Å². The summed E-state index contributed by atoms with van der Waals surface area (Å²) < 4.78 is 5.09. The van der Waals surface area contributed by atoms with Gasteiger partial charge in [0.25, 0.3) is 0 Å². The summed E-state index contributed by atoms with van der Waals surface area (Å²) in [4.78, 5) is 0. The lowest BCUT2D eigenvalue weighted by molar-refractivity contribution is 0.370. The van der Waals surface area contributed by atoms with E-state index < -0.39 is 0 Å². The molecule has 94 valence electrons. The summed E-state index contributed by atoms with van der Waals surface area (Å²) >= 11 is 5.84. The molecule has 0 aliphatic rings. The van der Waals surface area contributed by atoms with Gasteiger partial charge in [0, 0.05) is 5.02 Å². The van der Waals surface area contributed by atoms with Gasteiger partial charge in [-0.1, -0.05) is 35.9 Å². The van der Waals surface area contributed by atoms with Crippen LogP contribution in [0.25, 0.3) is 0 Å². The number of methoxy groups -OCH3 is 1. The van der Waals surface area contributed by atoms with Gasteiger partial charge in [0.05, 0.1) is 7.11 Å². The average Bonchev–Trinajstić information content (AvgIpc) is 2.39. The van der Waals surface area contributed by atoms with Gasteiger partial charge in [-0.25, -0.2) is 0 Å². The van der Waals surface area contributed by atoms with E-state index in [4.69, 9.17) is 16.3 Å². The molecule has 0 heterocycles. The fourth-order valence-electron chi connectivity index (χ4n) is 1.86. The van der Waals surface area contributed by atoms with Gasteiger partial charge in [0.1, 0.15) is 0 Å². The zero-order chi connectivity index (χ0) is 13.0. The number of ether oxygens (including phenoxy) is 1. The van der Waals surface area contributed by atoms with Crippen molar-refractivity contribution in [1.29, 1.82) is 0 Å². The summed E-state index contributed by atoms with van der Waals surface area (Å²) in [5.74, 6) is 0.748. The lowest BCUT2D eigenvalue weighted by Gasteiger charge is -2.08. The number of hydrogen-bond acceptors (Lipinski definition) is 2. The fourth-order valence-corrected chi connectivity index (χ4v) is 1.99. The van der Waals surface area contributed by atoms with Crippen LogP contribution in [0.1, 0.15) is 11.1 Å². The standard InChI is InChI=1S/C15H15ClO2/c1-18-14-4-2-3-12(15(14)17)8-5-11-6-9-13(16)10-7-11/h2-4,6-7,9-10,17H,5,8H2,1H3. The van der Waals surface area contributed by atoms with Crippen LogP contribution in [0, 0.1) is 0 Å². The van der Waals surface area contributed by atoms with Crippen molar-refractivity contribution < 1.29 is 9.84 Å². The Kier molecular flexibility index (Phi) is 4.11. The Morgan fingerprint density at radius 2 is 1.78 bits per heavy atom. The van der Waals surface area contributed by atoms with Crippen LogP contribution in [0.2, 0.25) is 5.02 Å². The van der Waals surface area contributed by atoms with Gasteiger partial charge in [-0.3, -0.25) is 0 Å². The van der Waals surface area contributed by atoms with Gasteiger partial charge in [-0.15, -0.1) is 0 Å². The summed E-state index contributed by atoms with van der Waals surface area (Å²) in [6, 6.07) is 13.3. The molecule has 0 radical (unpaired) electrons. The third kappa shape index (κ3) is 2.96. The average molecular weight is 263 g/mol. The number of rotatable bonds is 4. The molecule has 0 aliphatic heterocycles. The highest BCUT2D eigenvalue weighted by molar-refractivity contribution is 6.30. The van der Waals surface area contributed by atoms with Crippen LogP contribution >= 0.6 is 11.6 Å². The zero-order valence-electron chi connectivity index (χ0n) is 10.2. The summed E-state index contributed by atoms with van der Waals surface area (Å²) in [7, 11) is 1.55. The predicted octanol–water partition coefficient (Wildman–Crippen LogP) is 3.84. The molecule has 0 fully saturated rings. The van der Waals surface area contributed by atoms with Crippen LogP contribution in [0.3, 0.4) is 0 Å². The van der Waals surface area contributed by atoms with E-state index in [0.29, 0.717) is 5.75 Å². The molecule has 0 aliphatic carbocycles. The van der Waals surface area contributed by atoms with Crippen molar-refractivity contribution >= 4 is 11.6 Å². The molecular weight excluding hydrogens is 248 g/mol. The van der Waals surface area contributed by atoms with Crippen molar-refractivity contribution in [2.75, 3.05) is 7.11 Å². The minimum absolute atomic E-state index is 0.231. The number of halogens is 1. The maximum absolute atomic E-state index is 9.96. The van der Waals surface area contributed by atoms with Gasteiger partial charge in [0.15, 0.2) is 11.5 Å². The Bertz CT molecular complexity index is 521. The molecule has 0 saturated carbocycles. The lowest BCUT2D eigenvalue weighted by atomic mass is 10.0. The number of phenols is 1. The number of benzene rings is 2. The zero-order valence-corrected chi connectivity index (χ0v) is 10.9. The Morgan fingerprint density at radius 1 is 1.06 bits per heavy atom. The molecule has 18 heavy (non-hydrogen) atoms. The molecule has 3 heteroatoms. The van der Waals surface area contributed by atoms with E-state index >= 15 is 0 Å². The number of aryl methyl sites for hydroxylation is 2. The Labute approximate surface area is 112 Å². The molecule has 1 N–H and O–H groups in total. The van der Waals surface area contributed by atoms with E-state index in [1.807, 2.05) is 36.4 Å². The fraction of sp³-hybridized carbons (Fsp3) is 0.200. The molecular formula is C15H15ClO2. The molecule has 0 amide bonds. The third-order valence-corrected chi connectivity index (χ3v) is 3.15. The van der Waals surface area contributed by atoms with Crippen molar-refractivity contribution in [3.8, 4) is 11.5 Å². The molecule has 0 unspecified atom stereocenters.